The number of benzene rings is 3. The van der Waals surface area contributed by atoms with E-state index in [1.54, 1.807) is 44.6 Å². The minimum Gasteiger partial charge on any atom is -0.493 e. The number of amides is 4. The lowest BCUT2D eigenvalue weighted by Gasteiger charge is -2.28. The van der Waals surface area contributed by atoms with Crippen molar-refractivity contribution in [3.63, 3.8) is 0 Å². The van der Waals surface area contributed by atoms with Gasteiger partial charge in [-0.1, -0.05) is 66.7 Å². The summed E-state index contributed by atoms with van der Waals surface area (Å²) in [5.41, 5.74) is 0.812. The SMILES string of the molecule is COc1ccc(CCNC(=O)CN2C(=O)NC(c3ccccc3)(c3ccccc3)C2=O)cc1OC. The van der Waals surface area contributed by atoms with Crippen molar-refractivity contribution < 1.29 is 23.9 Å². The molecule has 1 aliphatic heterocycles. The molecule has 0 atom stereocenters. The quantitative estimate of drug-likeness (QED) is 0.466. The van der Waals surface area contributed by atoms with Gasteiger partial charge >= 0.3 is 6.03 Å². The van der Waals surface area contributed by atoms with Crippen molar-refractivity contribution in [2.45, 2.75) is 12.0 Å². The second kappa shape index (κ2) is 10.3. The van der Waals surface area contributed by atoms with Gasteiger partial charge in [-0.15, -0.1) is 0 Å². The van der Waals surface area contributed by atoms with Crippen LogP contribution in [0.4, 0.5) is 4.79 Å². The lowest BCUT2D eigenvalue weighted by molar-refractivity contribution is -0.134. The van der Waals surface area contributed by atoms with Crippen LogP contribution in [0, 0.1) is 0 Å². The molecule has 1 heterocycles. The predicted molar refractivity (Wildman–Crippen MR) is 130 cm³/mol. The van der Waals surface area contributed by atoms with E-state index in [4.69, 9.17) is 9.47 Å². The fraction of sp³-hybridized carbons (Fsp3) is 0.222. The van der Waals surface area contributed by atoms with E-state index in [-0.39, 0.29) is 6.54 Å². The number of hydrogen-bond donors (Lipinski definition) is 2. The average Bonchev–Trinajstić information content (AvgIpc) is 3.15. The summed E-state index contributed by atoms with van der Waals surface area (Å²) in [6.45, 7) is -0.0432. The van der Waals surface area contributed by atoms with E-state index in [0.717, 1.165) is 10.5 Å². The molecular weight excluding hydrogens is 446 g/mol. The van der Waals surface area contributed by atoms with E-state index in [1.807, 2.05) is 48.5 Å². The molecule has 180 valence electrons. The van der Waals surface area contributed by atoms with Crippen molar-refractivity contribution in [2.75, 3.05) is 27.3 Å². The third-order valence-electron chi connectivity index (χ3n) is 6.00. The Morgan fingerprint density at radius 2 is 1.49 bits per heavy atom. The molecule has 0 saturated carbocycles. The third-order valence-corrected chi connectivity index (χ3v) is 6.00. The molecule has 0 unspecified atom stereocenters. The molecule has 8 nitrogen and oxygen atoms in total. The van der Waals surface area contributed by atoms with Crippen molar-refractivity contribution in [3.05, 3.63) is 95.6 Å². The van der Waals surface area contributed by atoms with Gasteiger partial charge in [0.25, 0.3) is 5.91 Å². The Balaban J connectivity index is 1.46. The number of rotatable bonds is 9. The summed E-state index contributed by atoms with van der Waals surface area (Å²) in [6, 6.07) is 23.0. The van der Waals surface area contributed by atoms with Crippen LogP contribution in [0.3, 0.4) is 0 Å². The molecule has 35 heavy (non-hydrogen) atoms. The Morgan fingerprint density at radius 1 is 0.886 bits per heavy atom. The van der Waals surface area contributed by atoms with Gasteiger partial charge in [0, 0.05) is 6.54 Å². The second-order valence-electron chi connectivity index (χ2n) is 8.09. The zero-order valence-corrected chi connectivity index (χ0v) is 19.6. The number of methoxy groups -OCH3 is 2. The zero-order valence-electron chi connectivity index (χ0n) is 19.6. The summed E-state index contributed by atoms with van der Waals surface area (Å²) in [6.07, 6.45) is 0.546. The van der Waals surface area contributed by atoms with Crippen molar-refractivity contribution in [1.29, 1.82) is 0 Å². The highest BCUT2D eigenvalue weighted by Crippen LogP contribution is 2.35. The lowest BCUT2D eigenvalue weighted by atomic mass is 9.82. The molecule has 0 bridgehead atoms. The highest BCUT2D eigenvalue weighted by molar-refractivity contribution is 6.11. The van der Waals surface area contributed by atoms with Crippen molar-refractivity contribution in [2.24, 2.45) is 0 Å². The Morgan fingerprint density at radius 3 is 2.06 bits per heavy atom. The zero-order chi connectivity index (χ0) is 24.8. The monoisotopic (exact) mass is 473 g/mol. The number of nitrogens with one attached hydrogen (secondary N) is 2. The molecule has 1 aliphatic rings. The van der Waals surface area contributed by atoms with Crippen LogP contribution in [0.1, 0.15) is 16.7 Å². The summed E-state index contributed by atoms with van der Waals surface area (Å²) in [5.74, 6) is 0.314. The Kier molecular flexibility index (Phi) is 7.01. The summed E-state index contributed by atoms with van der Waals surface area (Å²) < 4.78 is 10.5. The number of ether oxygens (including phenoxy) is 2. The number of hydrogen-bond acceptors (Lipinski definition) is 5. The van der Waals surface area contributed by atoms with E-state index in [9.17, 15) is 14.4 Å². The molecular formula is C27H27N3O5. The molecule has 3 aromatic carbocycles. The molecule has 0 spiro atoms. The second-order valence-corrected chi connectivity index (χ2v) is 8.09. The standard InChI is InChI=1S/C27H27N3O5/c1-34-22-14-13-19(17-23(22)35-2)15-16-28-24(31)18-30-25(32)27(29-26(30)33,20-9-5-3-6-10-20)21-11-7-4-8-12-21/h3-14,17H,15-16,18H2,1-2H3,(H,28,31)(H,29,33). The first-order chi connectivity index (χ1) is 17.0. The van der Waals surface area contributed by atoms with Gasteiger partial charge in [0.05, 0.1) is 14.2 Å². The molecule has 8 heteroatoms. The molecule has 0 aliphatic carbocycles. The molecule has 3 aromatic rings. The minimum atomic E-state index is -1.39. The van der Waals surface area contributed by atoms with Gasteiger partial charge in [-0.25, -0.2) is 4.79 Å². The van der Waals surface area contributed by atoms with Crippen LogP contribution >= 0.6 is 0 Å². The molecule has 0 radical (unpaired) electrons. The number of carbonyl (C=O) groups excluding carboxylic acids is 3. The number of carbonyl (C=O) groups is 3. The van der Waals surface area contributed by atoms with Gasteiger partial charge in [-0.05, 0) is 35.2 Å². The maximum atomic E-state index is 13.6. The van der Waals surface area contributed by atoms with E-state index >= 15 is 0 Å². The maximum Gasteiger partial charge on any atom is 0.326 e. The molecule has 4 rings (SSSR count). The summed E-state index contributed by atoms with van der Waals surface area (Å²) in [5, 5.41) is 5.63. The highest BCUT2D eigenvalue weighted by Gasteiger charge is 2.53. The predicted octanol–water partition coefficient (Wildman–Crippen LogP) is 2.86. The molecule has 2 N–H and O–H groups in total. The Bertz CT molecular complexity index is 1170. The number of nitrogens with zero attached hydrogens (tertiary/aromatic N) is 1. The van der Waals surface area contributed by atoms with Crippen molar-refractivity contribution in [1.82, 2.24) is 15.5 Å². The van der Waals surface area contributed by atoms with E-state index in [0.29, 0.717) is 35.6 Å². The van der Waals surface area contributed by atoms with E-state index in [2.05, 4.69) is 10.6 Å². The third kappa shape index (κ3) is 4.68. The molecule has 1 fully saturated rings. The fourth-order valence-corrected chi connectivity index (χ4v) is 4.24. The first-order valence-electron chi connectivity index (χ1n) is 11.2. The van der Waals surface area contributed by atoms with Crippen molar-refractivity contribution in [3.8, 4) is 11.5 Å². The van der Waals surface area contributed by atoms with Crippen LogP contribution in [-0.2, 0) is 21.5 Å². The van der Waals surface area contributed by atoms with Gasteiger partial charge in [0.1, 0.15) is 6.54 Å². The number of imide groups is 1. The van der Waals surface area contributed by atoms with Crippen LogP contribution in [0.5, 0.6) is 11.5 Å². The topological polar surface area (TPSA) is 97.0 Å². The Hall–Kier alpha value is -4.33. The number of urea groups is 1. The smallest absolute Gasteiger partial charge is 0.326 e. The van der Waals surface area contributed by atoms with Crippen LogP contribution in [-0.4, -0.2) is 50.1 Å². The first-order valence-corrected chi connectivity index (χ1v) is 11.2. The average molecular weight is 474 g/mol. The lowest BCUT2D eigenvalue weighted by Crippen LogP contribution is -2.46. The molecule has 0 aromatic heterocycles. The first kappa shape index (κ1) is 23.8. The fourth-order valence-electron chi connectivity index (χ4n) is 4.24. The van der Waals surface area contributed by atoms with Crippen LogP contribution < -0.4 is 20.1 Å². The molecule has 1 saturated heterocycles. The normalized spacial score (nSPS) is 14.4. The van der Waals surface area contributed by atoms with Gasteiger partial charge in [-0.3, -0.25) is 14.5 Å². The van der Waals surface area contributed by atoms with Crippen LogP contribution in [0.2, 0.25) is 0 Å². The summed E-state index contributed by atoms with van der Waals surface area (Å²) in [4.78, 5) is 40.2. The van der Waals surface area contributed by atoms with Gasteiger partial charge in [0.2, 0.25) is 5.91 Å². The highest BCUT2D eigenvalue weighted by atomic mass is 16.5. The Labute approximate surface area is 203 Å². The summed E-state index contributed by atoms with van der Waals surface area (Å²) in [7, 11) is 3.13. The molecule has 4 amide bonds. The largest absolute Gasteiger partial charge is 0.493 e. The van der Waals surface area contributed by atoms with Gasteiger partial charge in [0.15, 0.2) is 17.0 Å². The van der Waals surface area contributed by atoms with Gasteiger partial charge in [-0.2, -0.15) is 0 Å². The van der Waals surface area contributed by atoms with Gasteiger partial charge < -0.3 is 20.1 Å². The van der Waals surface area contributed by atoms with E-state index < -0.39 is 23.4 Å². The van der Waals surface area contributed by atoms with Crippen molar-refractivity contribution >= 4 is 17.8 Å². The summed E-state index contributed by atoms with van der Waals surface area (Å²) >= 11 is 0. The maximum absolute atomic E-state index is 13.6. The minimum absolute atomic E-state index is 0.334. The van der Waals surface area contributed by atoms with Crippen LogP contribution in [0.15, 0.2) is 78.9 Å². The van der Waals surface area contributed by atoms with Crippen LogP contribution in [0.25, 0.3) is 0 Å². The van der Waals surface area contributed by atoms with E-state index in [1.165, 1.54) is 0 Å².